The summed E-state index contributed by atoms with van der Waals surface area (Å²) in [6, 6.07) is 9.04. The fraction of sp³-hybridized carbons (Fsp3) is 0. The molecule has 0 bridgehead atoms. The number of carbonyl (C=O) groups excluding carboxylic acids is 1. The van der Waals surface area contributed by atoms with Gasteiger partial charge in [-0.3, -0.25) is 4.79 Å². The van der Waals surface area contributed by atoms with Crippen molar-refractivity contribution in [1.29, 1.82) is 0 Å². The predicted octanol–water partition coefficient (Wildman–Crippen LogP) is 1.34. The highest BCUT2D eigenvalue weighted by molar-refractivity contribution is 6.51. The van der Waals surface area contributed by atoms with Crippen LogP contribution in [-0.2, 0) is 0 Å². The predicted molar refractivity (Wildman–Crippen MR) is 78.2 cm³/mol. The summed E-state index contributed by atoms with van der Waals surface area (Å²) in [7, 11) is 0. The van der Waals surface area contributed by atoms with Gasteiger partial charge in [-0.05, 0) is 30.3 Å². The van der Waals surface area contributed by atoms with E-state index in [9.17, 15) is 19.8 Å². The molecule has 0 aliphatic rings. The molecule has 2 aromatic rings. The van der Waals surface area contributed by atoms with Crippen LogP contribution in [0, 0.1) is 0 Å². The Labute approximate surface area is 124 Å². The molecule has 22 heavy (non-hydrogen) atoms. The van der Waals surface area contributed by atoms with E-state index in [1.165, 1.54) is 36.4 Å². The van der Waals surface area contributed by atoms with E-state index in [2.05, 4.69) is 5.10 Å². The lowest BCUT2D eigenvalue weighted by molar-refractivity contribution is 0.0696. The van der Waals surface area contributed by atoms with Crippen molar-refractivity contribution in [2.45, 2.75) is 0 Å². The summed E-state index contributed by atoms with van der Waals surface area (Å²) in [6.45, 7) is 0. The molecule has 0 fully saturated rings. The molecule has 2 rings (SSSR count). The van der Waals surface area contributed by atoms with E-state index in [1.807, 2.05) is 0 Å². The van der Waals surface area contributed by atoms with Crippen LogP contribution in [0.2, 0.25) is 0 Å². The monoisotopic (exact) mass is 300 g/mol. The molecule has 0 amide bonds. The number of aromatic carboxylic acids is 1. The third-order valence-corrected chi connectivity index (χ3v) is 2.99. The Hall–Kier alpha value is -3.35. The fourth-order valence-electron chi connectivity index (χ4n) is 1.84. The SMILES string of the molecule is N/N=C(/C(=O)c1ccc(O)c(O)c1)c1ccc(C(=O)O)cc1. The number of carboxylic acids is 1. The van der Waals surface area contributed by atoms with Crippen LogP contribution in [0.4, 0.5) is 0 Å². The number of rotatable bonds is 4. The van der Waals surface area contributed by atoms with Gasteiger partial charge in [-0.15, -0.1) is 0 Å². The van der Waals surface area contributed by atoms with Crippen LogP contribution in [0.1, 0.15) is 26.3 Å². The number of nitrogens with zero attached hydrogens (tertiary/aromatic N) is 1. The second-order valence-corrected chi connectivity index (χ2v) is 4.39. The Morgan fingerprint density at radius 3 is 1.91 bits per heavy atom. The van der Waals surface area contributed by atoms with E-state index in [0.29, 0.717) is 5.56 Å². The number of hydrogen-bond acceptors (Lipinski definition) is 6. The zero-order valence-electron chi connectivity index (χ0n) is 11.2. The van der Waals surface area contributed by atoms with Crippen molar-refractivity contribution in [1.82, 2.24) is 0 Å². The third-order valence-electron chi connectivity index (χ3n) is 2.99. The number of carbonyl (C=O) groups is 2. The van der Waals surface area contributed by atoms with Crippen LogP contribution < -0.4 is 5.84 Å². The number of hydrogen-bond donors (Lipinski definition) is 4. The van der Waals surface area contributed by atoms with Crippen molar-refractivity contribution < 1.29 is 24.9 Å². The van der Waals surface area contributed by atoms with Crippen LogP contribution in [0.5, 0.6) is 11.5 Å². The summed E-state index contributed by atoms with van der Waals surface area (Å²) in [4.78, 5) is 23.1. The van der Waals surface area contributed by atoms with E-state index in [-0.39, 0.29) is 22.6 Å². The van der Waals surface area contributed by atoms with Crippen LogP contribution in [0.3, 0.4) is 0 Å². The molecule has 112 valence electrons. The van der Waals surface area contributed by atoms with Crippen LogP contribution in [-0.4, -0.2) is 32.8 Å². The van der Waals surface area contributed by atoms with Crippen molar-refractivity contribution in [3.05, 3.63) is 59.2 Å². The molecule has 0 atom stereocenters. The van der Waals surface area contributed by atoms with Crippen LogP contribution in [0.15, 0.2) is 47.6 Å². The highest BCUT2D eigenvalue weighted by Gasteiger charge is 2.18. The zero-order valence-corrected chi connectivity index (χ0v) is 11.2. The normalized spacial score (nSPS) is 11.2. The fourth-order valence-corrected chi connectivity index (χ4v) is 1.84. The lowest BCUT2D eigenvalue weighted by Gasteiger charge is -2.06. The summed E-state index contributed by atoms with van der Waals surface area (Å²) in [5, 5.41) is 31.0. The largest absolute Gasteiger partial charge is 0.504 e. The highest BCUT2D eigenvalue weighted by Crippen LogP contribution is 2.25. The lowest BCUT2D eigenvalue weighted by atomic mass is 9.99. The molecule has 0 saturated heterocycles. The molecular formula is C15H12N2O5. The number of aromatic hydroxyl groups is 2. The topological polar surface area (TPSA) is 133 Å². The highest BCUT2D eigenvalue weighted by atomic mass is 16.4. The number of hydrazone groups is 1. The Balaban J connectivity index is 2.37. The van der Waals surface area contributed by atoms with Gasteiger partial charge in [-0.2, -0.15) is 5.10 Å². The van der Waals surface area contributed by atoms with Crippen molar-refractivity contribution in [3.63, 3.8) is 0 Å². The Morgan fingerprint density at radius 1 is 0.864 bits per heavy atom. The van der Waals surface area contributed by atoms with Gasteiger partial charge >= 0.3 is 5.97 Å². The molecule has 0 heterocycles. The number of nitrogens with two attached hydrogens (primary N) is 1. The molecule has 0 spiro atoms. The maximum absolute atomic E-state index is 12.3. The minimum atomic E-state index is -1.09. The first-order chi connectivity index (χ1) is 10.4. The molecule has 2 aromatic carbocycles. The van der Waals surface area contributed by atoms with E-state index in [0.717, 1.165) is 6.07 Å². The second-order valence-electron chi connectivity index (χ2n) is 4.39. The first-order valence-electron chi connectivity index (χ1n) is 6.12. The van der Waals surface area contributed by atoms with Gasteiger partial charge in [0.05, 0.1) is 5.56 Å². The van der Waals surface area contributed by atoms with Crippen molar-refractivity contribution >= 4 is 17.5 Å². The molecule has 0 saturated carbocycles. The molecular weight excluding hydrogens is 288 g/mol. The van der Waals surface area contributed by atoms with Gasteiger partial charge in [0.2, 0.25) is 5.78 Å². The number of phenolic OH excluding ortho intramolecular Hbond substituents is 2. The summed E-state index contributed by atoms with van der Waals surface area (Å²) < 4.78 is 0. The van der Waals surface area contributed by atoms with Gasteiger partial charge in [-0.25, -0.2) is 4.79 Å². The maximum atomic E-state index is 12.3. The Kier molecular flexibility index (Phi) is 4.08. The number of ketones is 1. The molecule has 0 radical (unpaired) electrons. The number of Topliss-reactive ketones (excluding diaryl/α,β-unsaturated/α-hetero) is 1. The Bertz CT molecular complexity index is 766. The van der Waals surface area contributed by atoms with E-state index >= 15 is 0 Å². The molecule has 0 aliphatic carbocycles. The van der Waals surface area contributed by atoms with Crippen molar-refractivity contribution in [2.75, 3.05) is 0 Å². The van der Waals surface area contributed by atoms with E-state index in [4.69, 9.17) is 10.9 Å². The average molecular weight is 300 g/mol. The maximum Gasteiger partial charge on any atom is 0.335 e. The van der Waals surface area contributed by atoms with Gasteiger partial charge in [0.1, 0.15) is 5.71 Å². The number of carboxylic acid groups (broad SMARTS) is 1. The first kappa shape index (κ1) is 15.0. The van der Waals surface area contributed by atoms with Crippen molar-refractivity contribution in [2.24, 2.45) is 10.9 Å². The standard InChI is InChI=1S/C15H12N2O5/c16-17-13(8-1-3-9(4-2-8)15(21)22)14(20)10-5-6-11(18)12(19)7-10/h1-7,18-19H,16H2,(H,21,22)/b17-13+. The third kappa shape index (κ3) is 2.88. The van der Waals surface area contributed by atoms with Gasteiger partial charge in [-0.1, -0.05) is 12.1 Å². The smallest absolute Gasteiger partial charge is 0.335 e. The van der Waals surface area contributed by atoms with Gasteiger partial charge in [0.15, 0.2) is 11.5 Å². The molecule has 7 nitrogen and oxygen atoms in total. The summed E-state index contributed by atoms with van der Waals surface area (Å²) >= 11 is 0. The van der Waals surface area contributed by atoms with Crippen LogP contribution in [0.25, 0.3) is 0 Å². The number of benzene rings is 2. The lowest BCUT2D eigenvalue weighted by Crippen LogP contribution is -2.18. The molecule has 5 N–H and O–H groups in total. The zero-order chi connectivity index (χ0) is 16.3. The minimum Gasteiger partial charge on any atom is -0.504 e. The summed E-state index contributed by atoms with van der Waals surface area (Å²) in [6.07, 6.45) is 0. The van der Waals surface area contributed by atoms with Crippen molar-refractivity contribution in [3.8, 4) is 11.5 Å². The summed E-state index contributed by atoms with van der Waals surface area (Å²) in [5.41, 5.74) is 0.392. The number of phenols is 2. The van der Waals surface area contributed by atoms with Crippen LogP contribution >= 0.6 is 0 Å². The van der Waals surface area contributed by atoms with Gasteiger partial charge in [0.25, 0.3) is 0 Å². The van der Waals surface area contributed by atoms with Gasteiger partial charge in [0, 0.05) is 11.1 Å². The quantitative estimate of drug-likeness (QED) is 0.221. The molecule has 0 aliphatic heterocycles. The van der Waals surface area contributed by atoms with Gasteiger partial charge < -0.3 is 21.2 Å². The average Bonchev–Trinajstić information content (AvgIpc) is 2.51. The second kappa shape index (κ2) is 5.96. The molecule has 7 heteroatoms. The minimum absolute atomic E-state index is 0.0647. The molecule has 0 unspecified atom stereocenters. The molecule has 0 aromatic heterocycles. The van der Waals surface area contributed by atoms with E-state index in [1.54, 1.807) is 0 Å². The Morgan fingerprint density at radius 2 is 1.41 bits per heavy atom. The summed E-state index contributed by atoms with van der Waals surface area (Å²) in [5.74, 6) is 2.79. The first-order valence-corrected chi connectivity index (χ1v) is 6.12. The van der Waals surface area contributed by atoms with E-state index < -0.39 is 17.5 Å².